The lowest BCUT2D eigenvalue weighted by molar-refractivity contribution is -0.140. The van der Waals surface area contributed by atoms with Crippen LogP contribution in [0.4, 0.5) is 4.39 Å². The zero-order valence-electron chi connectivity index (χ0n) is 13.3. The first-order chi connectivity index (χ1) is 12.0. The van der Waals surface area contributed by atoms with Gasteiger partial charge in [0.15, 0.2) is 6.10 Å². The molecule has 1 heterocycles. The molecule has 0 aliphatic heterocycles. The summed E-state index contributed by atoms with van der Waals surface area (Å²) in [5.41, 5.74) is 1.15. The fourth-order valence-corrected chi connectivity index (χ4v) is 3.09. The van der Waals surface area contributed by atoms with E-state index in [4.69, 9.17) is 4.74 Å². The Morgan fingerprint density at radius 1 is 1.16 bits per heavy atom. The third kappa shape index (κ3) is 4.16. The highest BCUT2D eigenvalue weighted by Gasteiger charge is 2.18. The number of aromatic nitrogens is 1. The number of para-hydroxylation sites is 1. The maximum atomic E-state index is 12.9. The van der Waals surface area contributed by atoms with Crippen LogP contribution in [0.3, 0.4) is 0 Å². The second-order valence-electron chi connectivity index (χ2n) is 5.30. The van der Waals surface area contributed by atoms with Gasteiger partial charge >= 0.3 is 5.97 Å². The van der Waals surface area contributed by atoms with Crippen LogP contribution in [-0.2, 0) is 9.53 Å². The Bertz CT molecular complexity index is 914. The van der Waals surface area contributed by atoms with E-state index in [1.807, 2.05) is 24.3 Å². The fourth-order valence-electron chi connectivity index (χ4n) is 2.22. The summed E-state index contributed by atoms with van der Waals surface area (Å²) in [7, 11) is 0. The number of hydrogen-bond acceptors (Lipinski definition) is 5. The Kier molecular flexibility index (Phi) is 5.00. The summed E-state index contributed by atoms with van der Waals surface area (Å²) < 4.78 is 19.0. The molecule has 0 amide bonds. The lowest BCUT2D eigenvalue weighted by Gasteiger charge is -2.10. The minimum atomic E-state index is -0.960. The average Bonchev–Trinajstić information content (AvgIpc) is 3.03. The summed E-state index contributed by atoms with van der Waals surface area (Å²) in [5.74, 6) is -1.45. The van der Waals surface area contributed by atoms with Crippen LogP contribution >= 0.6 is 11.3 Å². The number of esters is 1. The minimum absolute atomic E-state index is 0.289. The van der Waals surface area contributed by atoms with E-state index in [0.29, 0.717) is 5.01 Å². The second kappa shape index (κ2) is 7.36. The third-order valence-electron chi connectivity index (χ3n) is 3.46. The van der Waals surface area contributed by atoms with Gasteiger partial charge in [-0.15, -0.1) is 11.3 Å². The van der Waals surface area contributed by atoms with Gasteiger partial charge in [-0.05, 0) is 49.4 Å². The minimum Gasteiger partial charge on any atom is -0.451 e. The molecule has 1 atom stereocenters. The molecule has 3 rings (SSSR count). The van der Waals surface area contributed by atoms with E-state index in [1.165, 1.54) is 48.6 Å². The van der Waals surface area contributed by atoms with Gasteiger partial charge in [-0.25, -0.2) is 14.2 Å². The van der Waals surface area contributed by atoms with Crippen molar-refractivity contribution in [2.24, 2.45) is 0 Å². The van der Waals surface area contributed by atoms with Crippen molar-refractivity contribution in [1.82, 2.24) is 4.98 Å². The van der Waals surface area contributed by atoms with Crippen molar-refractivity contribution in [3.8, 4) is 0 Å². The Balaban J connectivity index is 1.63. The highest BCUT2D eigenvalue weighted by molar-refractivity contribution is 7.19. The number of nitrogens with zero attached hydrogens (tertiary/aromatic N) is 1. The van der Waals surface area contributed by atoms with E-state index < -0.39 is 17.9 Å². The summed E-state index contributed by atoms with van der Waals surface area (Å²) in [4.78, 5) is 28.4. The lowest BCUT2D eigenvalue weighted by atomic mass is 10.1. The van der Waals surface area contributed by atoms with Crippen LogP contribution in [0.5, 0.6) is 0 Å². The van der Waals surface area contributed by atoms with Crippen LogP contribution in [0.15, 0.2) is 54.6 Å². The predicted molar refractivity (Wildman–Crippen MR) is 94.9 cm³/mol. The number of halogens is 1. The predicted octanol–water partition coefficient (Wildman–Crippen LogP) is 4.26. The van der Waals surface area contributed by atoms with Gasteiger partial charge in [0.1, 0.15) is 10.8 Å². The van der Waals surface area contributed by atoms with E-state index in [1.54, 1.807) is 6.08 Å². The van der Waals surface area contributed by atoms with Gasteiger partial charge < -0.3 is 4.74 Å². The molecule has 0 bridgehead atoms. The normalized spacial score (nSPS) is 12.4. The molecule has 1 aromatic heterocycles. The number of fused-ring (bicyclic) bond motifs is 1. The molecule has 0 spiro atoms. The maximum absolute atomic E-state index is 12.9. The standard InChI is InChI=1S/C19H14FNO3S/c1-12(19(23)13-6-8-14(20)9-7-13)24-18(22)11-10-17-21-15-4-2-3-5-16(15)25-17/h2-12H,1H3/b11-10+/t12-/m0/s1. The van der Waals surface area contributed by atoms with Crippen molar-refractivity contribution < 1.29 is 18.7 Å². The molecule has 25 heavy (non-hydrogen) atoms. The molecule has 6 heteroatoms. The zero-order valence-corrected chi connectivity index (χ0v) is 14.1. The third-order valence-corrected chi connectivity index (χ3v) is 4.46. The highest BCUT2D eigenvalue weighted by atomic mass is 32.1. The number of hydrogen-bond donors (Lipinski definition) is 0. The average molecular weight is 355 g/mol. The summed E-state index contributed by atoms with van der Waals surface area (Å²) in [5, 5.41) is 0.677. The lowest BCUT2D eigenvalue weighted by Crippen LogP contribution is -2.23. The topological polar surface area (TPSA) is 56.3 Å². The largest absolute Gasteiger partial charge is 0.451 e. The van der Waals surface area contributed by atoms with Gasteiger partial charge in [-0.1, -0.05) is 12.1 Å². The number of benzene rings is 2. The quantitative estimate of drug-likeness (QED) is 0.390. The fraction of sp³-hybridized carbons (Fsp3) is 0.105. The Labute approximate surface area is 147 Å². The van der Waals surface area contributed by atoms with Crippen molar-refractivity contribution in [3.63, 3.8) is 0 Å². The number of carbonyl (C=O) groups is 2. The smallest absolute Gasteiger partial charge is 0.331 e. The number of carbonyl (C=O) groups excluding carboxylic acids is 2. The first-order valence-corrected chi connectivity index (χ1v) is 8.38. The molecule has 0 fully saturated rings. The molecule has 0 aliphatic rings. The molecule has 2 aromatic carbocycles. The van der Waals surface area contributed by atoms with Crippen molar-refractivity contribution in [3.05, 3.63) is 71.0 Å². The number of thiazole rings is 1. The Morgan fingerprint density at radius 2 is 1.88 bits per heavy atom. The first kappa shape index (κ1) is 17.0. The van der Waals surface area contributed by atoms with Crippen LogP contribution in [0.25, 0.3) is 16.3 Å². The van der Waals surface area contributed by atoms with Crippen LogP contribution < -0.4 is 0 Å². The van der Waals surface area contributed by atoms with Crippen LogP contribution in [-0.4, -0.2) is 22.8 Å². The van der Waals surface area contributed by atoms with Gasteiger partial charge in [-0.2, -0.15) is 0 Å². The molecule has 0 aliphatic carbocycles. The summed E-state index contributed by atoms with van der Waals surface area (Å²) in [6, 6.07) is 12.8. The molecule has 3 aromatic rings. The van der Waals surface area contributed by atoms with Gasteiger partial charge in [0.25, 0.3) is 0 Å². The van der Waals surface area contributed by atoms with Crippen LogP contribution in [0.1, 0.15) is 22.3 Å². The van der Waals surface area contributed by atoms with Gasteiger partial charge in [0, 0.05) is 11.6 Å². The number of Topliss-reactive ketones (excluding diaryl/α,β-unsaturated/α-hetero) is 1. The Morgan fingerprint density at radius 3 is 2.60 bits per heavy atom. The van der Waals surface area contributed by atoms with Gasteiger partial charge in [0.2, 0.25) is 5.78 Å². The van der Waals surface area contributed by atoms with E-state index in [2.05, 4.69) is 4.98 Å². The molecular weight excluding hydrogens is 341 g/mol. The molecule has 126 valence electrons. The number of ketones is 1. The van der Waals surface area contributed by atoms with E-state index in [-0.39, 0.29) is 11.3 Å². The molecule has 0 unspecified atom stereocenters. The van der Waals surface area contributed by atoms with Gasteiger partial charge in [0.05, 0.1) is 10.2 Å². The SMILES string of the molecule is C[C@H](OC(=O)/C=C/c1nc2ccccc2s1)C(=O)c1ccc(F)cc1. The van der Waals surface area contributed by atoms with Crippen molar-refractivity contribution in [2.75, 3.05) is 0 Å². The number of rotatable bonds is 5. The molecule has 0 radical (unpaired) electrons. The molecular formula is C19H14FNO3S. The zero-order chi connectivity index (χ0) is 17.8. The highest BCUT2D eigenvalue weighted by Crippen LogP contribution is 2.22. The molecule has 0 N–H and O–H groups in total. The maximum Gasteiger partial charge on any atom is 0.331 e. The summed E-state index contributed by atoms with van der Waals surface area (Å²) in [6.45, 7) is 1.48. The van der Waals surface area contributed by atoms with Crippen LogP contribution in [0.2, 0.25) is 0 Å². The van der Waals surface area contributed by atoms with Gasteiger partial charge in [-0.3, -0.25) is 4.79 Å². The number of ether oxygens (including phenoxy) is 1. The molecule has 4 nitrogen and oxygen atoms in total. The Hall–Kier alpha value is -2.86. The molecule has 0 saturated carbocycles. The van der Waals surface area contributed by atoms with Crippen molar-refractivity contribution >= 4 is 39.4 Å². The van der Waals surface area contributed by atoms with E-state index >= 15 is 0 Å². The second-order valence-corrected chi connectivity index (χ2v) is 6.37. The monoisotopic (exact) mass is 355 g/mol. The first-order valence-electron chi connectivity index (χ1n) is 7.57. The van der Waals surface area contributed by atoms with Crippen LogP contribution in [0, 0.1) is 5.82 Å². The van der Waals surface area contributed by atoms with Crippen molar-refractivity contribution in [1.29, 1.82) is 0 Å². The summed E-state index contributed by atoms with van der Waals surface area (Å²) in [6.07, 6.45) is 1.84. The summed E-state index contributed by atoms with van der Waals surface area (Å²) >= 11 is 1.45. The molecule has 0 saturated heterocycles. The van der Waals surface area contributed by atoms with E-state index in [0.717, 1.165) is 10.2 Å². The van der Waals surface area contributed by atoms with Crippen molar-refractivity contribution in [2.45, 2.75) is 13.0 Å². The van der Waals surface area contributed by atoms with E-state index in [9.17, 15) is 14.0 Å².